The molecule has 142 valence electrons. The van der Waals surface area contributed by atoms with E-state index >= 15 is 0 Å². The van der Waals surface area contributed by atoms with Gasteiger partial charge in [-0.3, -0.25) is 9.59 Å². The standard InChI is InChI=1S/C20H18N4O4/c21-9-13(19(23)27)5-11-1-3-17(25)15(7-11)16-8-12(2-4-18(16)26)6-14(10-22)20(24)28/h1-4,7-8,13-14,25-26H,5-6H2,(H2,23,27)(H2,24,28)/t13-,14+. The van der Waals surface area contributed by atoms with Gasteiger partial charge in [0.1, 0.15) is 23.3 Å². The van der Waals surface area contributed by atoms with E-state index in [0.29, 0.717) is 11.1 Å². The summed E-state index contributed by atoms with van der Waals surface area (Å²) in [4.78, 5) is 22.6. The third-order valence-electron chi connectivity index (χ3n) is 4.29. The molecule has 8 nitrogen and oxygen atoms in total. The van der Waals surface area contributed by atoms with E-state index in [-0.39, 0.29) is 35.5 Å². The second kappa shape index (κ2) is 8.56. The largest absolute Gasteiger partial charge is 0.507 e. The van der Waals surface area contributed by atoms with Crippen molar-refractivity contribution in [2.75, 3.05) is 0 Å². The molecule has 0 radical (unpaired) electrons. The first kappa shape index (κ1) is 20.3. The predicted octanol–water partition coefficient (Wildman–Crippen LogP) is 1.10. The van der Waals surface area contributed by atoms with Crippen LogP contribution in [0.15, 0.2) is 36.4 Å². The van der Waals surface area contributed by atoms with Gasteiger partial charge in [-0.2, -0.15) is 10.5 Å². The Balaban J connectivity index is 2.44. The highest BCUT2D eigenvalue weighted by atomic mass is 16.3. The second-order valence-electron chi connectivity index (χ2n) is 6.28. The summed E-state index contributed by atoms with van der Waals surface area (Å²) in [6.07, 6.45) is 0.107. The number of hydrogen-bond donors (Lipinski definition) is 4. The summed E-state index contributed by atoms with van der Waals surface area (Å²) in [5, 5.41) is 38.5. The zero-order valence-corrected chi connectivity index (χ0v) is 14.8. The Hall–Kier alpha value is -4.04. The van der Waals surface area contributed by atoms with E-state index < -0.39 is 23.7 Å². The van der Waals surface area contributed by atoms with Crippen LogP contribution in [-0.2, 0) is 22.4 Å². The third-order valence-corrected chi connectivity index (χ3v) is 4.29. The van der Waals surface area contributed by atoms with Gasteiger partial charge < -0.3 is 21.7 Å². The minimum Gasteiger partial charge on any atom is -0.507 e. The van der Waals surface area contributed by atoms with Crippen LogP contribution >= 0.6 is 0 Å². The molecular formula is C20H18N4O4. The Labute approximate surface area is 161 Å². The Morgan fingerprint density at radius 1 is 0.821 bits per heavy atom. The topological polar surface area (TPSA) is 174 Å². The van der Waals surface area contributed by atoms with Gasteiger partial charge in [0.15, 0.2) is 0 Å². The van der Waals surface area contributed by atoms with Crippen LogP contribution in [0.1, 0.15) is 11.1 Å². The Morgan fingerprint density at radius 2 is 1.18 bits per heavy atom. The third kappa shape index (κ3) is 4.57. The van der Waals surface area contributed by atoms with Crippen LogP contribution in [-0.4, -0.2) is 22.0 Å². The number of nitrogens with zero attached hydrogens (tertiary/aromatic N) is 2. The monoisotopic (exact) mass is 378 g/mol. The number of phenolic OH excluding ortho intramolecular Hbond substituents is 2. The molecule has 0 unspecified atom stereocenters. The first-order valence-electron chi connectivity index (χ1n) is 8.28. The van der Waals surface area contributed by atoms with Gasteiger partial charge in [-0.15, -0.1) is 0 Å². The molecule has 0 saturated heterocycles. The summed E-state index contributed by atoms with van der Waals surface area (Å²) >= 11 is 0. The fourth-order valence-corrected chi connectivity index (χ4v) is 2.74. The first-order valence-corrected chi connectivity index (χ1v) is 8.28. The lowest BCUT2D eigenvalue weighted by molar-refractivity contribution is -0.121. The van der Waals surface area contributed by atoms with Gasteiger partial charge in [0.2, 0.25) is 11.8 Å². The number of benzene rings is 2. The maximum atomic E-state index is 11.3. The molecule has 8 heteroatoms. The highest BCUT2D eigenvalue weighted by Crippen LogP contribution is 2.37. The lowest BCUT2D eigenvalue weighted by Crippen LogP contribution is -2.23. The minimum atomic E-state index is -1.02. The first-order chi connectivity index (χ1) is 13.3. The summed E-state index contributed by atoms with van der Waals surface area (Å²) in [7, 11) is 0. The van der Waals surface area contributed by atoms with Crippen LogP contribution in [0.5, 0.6) is 11.5 Å². The van der Waals surface area contributed by atoms with Gasteiger partial charge in [-0.25, -0.2) is 0 Å². The van der Waals surface area contributed by atoms with E-state index in [1.807, 2.05) is 12.1 Å². The van der Waals surface area contributed by atoms with Crippen molar-refractivity contribution in [2.24, 2.45) is 23.3 Å². The van der Waals surface area contributed by atoms with Gasteiger partial charge in [-0.1, -0.05) is 12.1 Å². The molecule has 0 heterocycles. The molecular weight excluding hydrogens is 360 g/mol. The molecule has 2 amide bonds. The van der Waals surface area contributed by atoms with Crippen molar-refractivity contribution in [3.8, 4) is 34.8 Å². The van der Waals surface area contributed by atoms with E-state index in [4.69, 9.17) is 22.0 Å². The molecule has 2 rings (SSSR count). The number of aromatic hydroxyl groups is 2. The van der Waals surface area contributed by atoms with E-state index in [0.717, 1.165) is 0 Å². The van der Waals surface area contributed by atoms with Gasteiger partial charge in [0.25, 0.3) is 0 Å². The predicted molar refractivity (Wildman–Crippen MR) is 99.2 cm³/mol. The van der Waals surface area contributed by atoms with Gasteiger partial charge >= 0.3 is 0 Å². The molecule has 2 aromatic rings. The highest BCUT2D eigenvalue weighted by molar-refractivity contribution is 5.81. The van der Waals surface area contributed by atoms with Crippen LogP contribution in [0.3, 0.4) is 0 Å². The van der Waals surface area contributed by atoms with Crippen molar-refractivity contribution < 1.29 is 19.8 Å². The van der Waals surface area contributed by atoms with Crippen LogP contribution in [0.25, 0.3) is 11.1 Å². The fraction of sp³-hybridized carbons (Fsp3) is 0.200. The normalized spacial score (nSPS) is 12.4. The average Bonchev–Trinajstić information content (AvgIpc) is 2.66. The minimum absolute atomic E-state index is 0.0533. The number of carbonyl (C=O) groups is 2. The van der Waals surface area contributed by atoms with Crippen molar-refractivity contribution in [3.63, 3.8) is 0 Å². The van der Waals surface area contributed by atoms with Crippen molar-refractivity contribution >= 4 is 11.8 Å². The molecule has 0 saturated carbocycles. The maximum Gasteiger partial charge on any atom is 0.235 e. The van der Waals surface area contributed by atoms with Crippen LogP contribution in [0.4, 0.5) is 0 Å². The molecule has 0 aliphatic carbocycles. The number of nitrogens with two attached hydrogens (primary N) is 2. The Bertz CT molecular complexity index is 923. The lowest BCUT2D eigenvalue weighted by atomic mass is 9.93. The van der Waals surface area contributed by atoms with Gasteiger partial charge in [-0.05, 0) is 48.2 Å². The number of amides is 2. The molecule has 6 N–H and O–H groups in total. The number of primary amides is 2. The van der Waals surface area contributed by atoms with Gasteiger partial charge in [0.05, 0.1) is 12.1 Å². The molecule has 2 atom stereocenters. The zero-order chi connectivity index (χ0) is 20.8. The molecule has 28 heavy (non-hydrogen) atoms. The molecule has 0 bridgehead atoms. The summed E-state index contributed by atoms with van der Waals surface area (Å²) in [5.41, 5.74) is 12.0. The number of nitriles is 2. The lowest BCUT2D eigenvalue weighted by Gasteiger charge is -2.13. The molecule has 0 fully saturated rings. The van der Waals surface area contributed by atoms with E-state index in [1.54, 1.807) is 12.1 Å². The smallest absolute Gasteiger partial charge is 0.235 e. The molecule has 0 aliphatic rings. The quantitative estimate of drug-likeness (QED) is 0.561. The molecule has 0 spiro atoms. The summed E-state index contributed by atoms with van der Waals surface area (Å²) in [6.45, 7) is 0. The number of phenols is 2. The van der Waals surface area contributed by atoms with Crippen molar-refractivity contribution in [1.82, 2.24) is 0 Å². The van der Waals surface area contributed by atoms with Crippen LogP contribution in [0.2, 0.25) is 0 Å². The number of rotatable bonds is 7. The average molecular weight is 378 g/mol. The van der Waals surface area contributed by atoms with E-state index in [9.17, 15) is 19.8 Å². The summed E-state index contributed by atoms with van der Waals surface area (Å²) < 4.78 is 0. The Morgan fingerprint density at radius 3 is 1.46 bits per heavy atom. The molecule has 2 aromatic carbocycles. The Kier molecular flexibility index (Phi) is 6.20. The number of carbonyl (C=O) groups excluding carboxylic acids is 2. The van der Waals surface area contributed by atoms with Crippen molar-refractivity contribution in [3.05, 3.63) is 47.5 Å². The second-order valence-corrected chi connectivity index (χ2v) is 6.28. The highest BCUT2D eigenvalue weighted by Gasteiger charge is 2.19. The SMILES string of the molecule is N#C[C@H](Cc1ccc(O)c(-c2cc(C[C@H](C#N)C(N)=O)ccc2O)c1)C(N)=O. The summed E-state index contributed by atoms with van der Waals surface area (Å²) in [5.74, 6) is -3.81. The maximum absolute atomic E-state index is 11.3. The van der Waals surface area contributed by atoms with E-state index in [2.05, 4.69) is 0 Å². The summed E-state index contributed by atoms with van der Waals surface area (Å²) in [6, 6.07) is 12.6. The molecule has 0 aliphatic heterocycles. The van der Waals surface area contributed by atoms with E-state index in [1.165, 1.54) is 24.3 Å². The van der Waals surface area contributed by atoms with Gasteiger partial charge in [0, 0.05) is 11.1 Å². The van der Waals surface area contributed by atoms with Crippen LogP contribution < -0.4 is 11.5 Å². The van der Waals surface area contributed by atoms with Crippen molar-refractivity contribution in [2.45, 2.75) is 12.8 Å². The molecule has 0 aromatic heterocycles. The van der Waals surface area contributed by atoms with Crippen LogP contribution in [0, 0.1) is 34.5 Å². The van der Waals surface area contributed by atoms with Crippen molar-refractivity contribution in [1.29, 1.82) is 10.5 Å². The fourth-order valence-electron chi connectivity index (χ4n) is 2.74. The number of hydrogen-bond acceptors (Lipinski definition) is 6. The zero-order valence-electron chi connectivity index (χ0n) is 14.8.